The topological polar surface area (TPSA) is 60.3 Å². The first-order valence-electron chi connectivity index (χ1n) is 8.74. The number of rotatable bonds is 6. The third-order valence-electron chi connectivity index (χ3n) is 4.04. The van der Waals surface area contributed by atoms with Gasteiger partial charge in [-0.3, -0.25) is 9.59 Å². The molecule has 0 spiro atoms. The summed E-state index contributed by atoms with van der Waals surface area (Å²) in [7, 11) is 0. The molecule has 5 nitrogen and oxygen atoms in total. The molecule has 2 rings (SSSR count). The maximum absolute atomic E-state index is 12.7. The standard InChI is InChI=1S/C20H23F3N2O3/c1-19(2,3)14-4-7-16(8-5-14)28-11-10-24-17(26)13-25-12-15(20(21,22)23)6-9-18(25)27/h4-9,12H,10-11,13H2,1-3H3,(H,24,26). The first-order valence-corrected chi connectivity index (χ1v) is 8.74. The van der Waals surface area contributed by atoms with E-state index in [0.29, 0.717) is 18.0 Å². The van der Waals surface area contributed by atoms with Gasteiger partial charge in [0.15, 0.2) is 0 Å². The van der Waals surface area contributed by atoms with E-state index in [-0.39, 0.29) is 18.6 Å². The Morgan fingerprint density at radius 2 is 1.64 bits per heavy atom. The number of ether oxygens (including phenoxy) is 1. The lowest BCUT2D eigenvalue weighted by atomic mass is 9.87. The van der Waals surface area contributed by atoms with Crippen LogP contribution in [0.15, 0.2) is 47.4 Å². The van der Waals surface area contributed by atoms with Crippen molar-refractivity contribution in [3.05, 3.63) is 64.1 Å². The summed E-state index contributed by atoms with van der Waals surface area (Å²) in [5, 5.41) is 2.52. The van der Waals surface area contributed by atoms with Crippen LogP contribution in [0.2, 0.25) is 0 Å². The molecular formula is C20H23F3N2O3. The molecular weight excluding hydrogens is 373 g/mol. The number of halogens is 3. The van der Waals surface area contributed by atoms with Crippen LogP contribution in [0.5, 0.6) is 5.75 Å². The molecule has 1 aromatic carbocycles. The minimum Gasteiger partial charge on any atom is -0.492 e. The molecule has 0 saturated heterocycles. The van der Waals surface area contributed by atoms with Gasteiger partial charge in [0.2, 0.25) is 5.91 Å². The Balaban J connectivity index is 1.83. The molecule has 1 N–H and O–H groups in total. The Labute approximate surface area is 161 Å². The van der Waals surface area contributed by atoms with E-state index in [9.17, 15) is 22.8 Å². The number of nitrogens with one attached hydrogen (secondary N) is 1. The van der Waals surface area contributed by atoms with Crippen molar-refractivity contribution in [1.82, 2.24) is 9.88 Å². The van der Waals surface area contributed by atoms with Crippen LogP contribution in [0.3, 0.4) is 0 Å². The predicted molar refractivity (Wildman–Crippen MR) is 99.4 cm³/mol. The highest BCUT2D eigenvalue weighted by Gasteiger charge is 2.31. The second-order valence-corrected chi connectivity index (χ2v) is 7.35. The van der Waals surface area contributed by atoms with Crippen LogP contribution in [0.25, 0.3) is 0 Å². The highest BCUT2D eigenvalue weighted by molar-refractivity contribution is 5.75. The number of carbonyl (C=O) groups is 1. The van der Waals surface area contributed by atoms with E-state index in [1.165, 1.54) is 5.56 Å². The summed E-state index contributed by atoms with van der Waals surface area (Å²) >= 11 is 0. The number of hydrogen-bond donors (Lipinski definition) is 1. The molecule has 152 valence electrons. The lowest BCUT2D eigenvalue weighted by molar-refractivity contribution is -0.138. The highest BCUT2D eigenvalue weighted by Crippen LogP contribution is 2.28. The van der Waals surface area contributed by atoms with Gasteiger partial charge >= 0.3 is 6.18 Å². The van der Waals surface area contributed by atoms with Crippen molar-refractivity contribution >= 4 is 5.91 Å². The molecule has 0 atom stereocenters. The zero-order valence-corrected chi connectivity index (χ0v) is 16.0. The van der Waals surface area contributed by atoms with Crippen molar-refractivity contribution in [2.24, 2.45) is 0 Å². The van der Waals surface area contributed by atoms with E-state index in [1.807, 2.05) is 24.3 Å². The van der Waals surface area contributed by atoms with Gasteiger partial charge in [-0.2, -0.15) is 13.2 Å². The van der Waals surface area contributed by atoms with Crippen molar-refractivity contribution in [2.45, 2.75) is 38.9 Å². The molecule has 0 unspecified atom stereocenters. The fourth-order valence-electron chi connectivity index (χ4n) is 2.44. The van der Waals surface area contributed by atoms with Crippen LogP contribution >= 0.6 is 0 Å². The summed E-state index contributed by atoms with van der Waals surface area (Å²) in [6, 6.07) is 9.09. The third kappa shape index (κ3) is 6.14. The zero-order chi connectivity index (χ0) is 20.9. The lowest BCUT2D eigenvalue weighted by Crippen LogP contribution is -2.34. The minimum atomic E-state index is -4.58. The van der Waals surface area contributed by atoms with Crippen molar-refractivity contribution in [1.29, 1.82) is 0 Å². The highest BCUT2D eigenvalue weighted by atomic mass is 19.4. The molecule has 1 amide bonds. The Hall–Kier alpha value is -2.77. The van der Waals surface area contributed by atoms with E-state index < -0.39 is 29.8 Å². The Kier molecular flexibility index (Phi) is 6.53. The monoisotopic (exact) mass is 396 g/mol. The summed E-state index contributed by atoms with van der Waals surface area (Å²) in [6.45, 7) is 6.17. The van der Waals surface area contributed by atoms with Gasteiger partial charge in [-0.25, -0.2) is 0 Å². The third-order valence-corrected chi connectivity index (χ3v) is 4.04. The number of hydrogen-bond acceptors (Lipinski definition) is 3. The largest absolute Gasteiger partial charge is 0.492 e. The SMILES string of the molecule is CC(C)(C)c1ccc(OCCNC(=O)Cn2cc(C(F)(F)F)ccc2=O)cc1. The molecule has 0 fully saturated rings. The first-order chi connectivity index (χ1) is 13.0. The summed E-state index contributed by atoms with van der Waals surface area (Å²) in [5.41, 5.74) is -0.464. The van der Waals surface area contributed by atoms with Crippen LogP contribution in [-0.4, -0.2) is 23.6 Å². The fraction of sp³-hybridized carbons (Fsp3) is 0.400. The molecule has 0 aliphatic heterocycles. The molecule has 0 bridgehead atoms. The van der Waals surface area contributed by atoms with Gasteiger partial charge < -0.3 is 14.6 Å². The van der Waals surface area contributed by atoms with Crippen LogP contribution in [0, 0.1) is 0 Å². The van der Waals surface area contributed by atoms with Crippen LogP contribution in [0.1, 0.15) is 31.9 Å². The first kappa shape index (κ1) is 21.5. The molecule has 1 heterocycles. The van der Waals surface area contributed by atoms with Gasteiger partial charge in [-0.1, -0.05) is 32.9 Å². The van der Waals surface area contributed by atoms with Crippen LogP contribution in [0.4, 0.5) is 13.2 Å². The van der Waals surface area contributed by atoms with E-state index in [0.717, 1.165) is 10.6 Å². The molecule has 0 radical (unpaired) electrons. The second kappa shape index (κ2) is 8.50. The molecule has 0 aliphatic carbocycles. The number of benzene rings is 1. The molecule has 28 heavy (non-hydrogen) atoms. The molecule has 0 aliphatic rings. The number of amides is 1. The normalized spacial score (nSPS) is 11.9. The van der Waals surface area contributed by atoms with Gasteiger partial charge in [-0.15, -0.1) is 0 Å². The van der Waals surface area contributed by atoms with Gasteiger partial charge in [0, 0.05) is 12.3 Å². The number of pyridine rings is 1. The maximum Gasteiger partial charge on any atom is 0.417 e. The molecule has 8 heteroatoms. The smallest absolute Gasteiger partial charge is 0.417 e. The van der Waals surface area contributed by atoms with E-state index >= 15 is 0 Å². The molecule has 2 aromatic rings. The van der Waals surface area contributed by atoms with Crippen molar-refractivity contribution < 1.29 is 22.7 Å². The van der Waals surface area contributed by atoms with Gasteiger partial charge in [0.05, 0.1) is 12.1 Å². The molecule has 0 saturated carbocycles. The molecule has 1 aromatic heterocycles. The summed E-state index contributed by atoms with van der Waals surface area (Å²) < 4.78 is 44.4. The van der Waals surface area contributed by atoms with Gasteiger partial charge in [-0.05, 0) is 29.2 Å². The van der Waals surface area contributed by atoms with Crippen molar-refractivity contribution in [3.63, 3.8) is 0 Å². The van der Waals surface area contributed by atoms with Crippen LogP contribution in [-0.2, 0) is 22.9 Å². The number of nitrogens with zero attached hydrogens (tertiary/aromatic N) is 1. The summed E-state index contributed by atoms with van der Waals surface area (Å²) in [6.07, 6.45) is -3.95. The van der Waals surface area contributed by atoms with E-state index in [1.54, 1.807) is 0 Å². The van der Waals surface area contributed by atoms with Crippen LogP contribution < -0.4 is 15.6 Å². The number of carbonyl (C=O) groups excluding carboxylic acids is 1. The minimum absolute atomic E-state index is 0.0357. The average Bonchev–Trinajstić information content (AvgIpc) is 2.59. The zero-order valence-electron chi connectivity index (χ0n) is 16.0. The number of aromatic nitrogens is 1. The van der Waals surface area contributed by atoms with Gasteiger partial charge in [0.25, 0.3) is 5.56 Å². The fourth-order valence-corrected chi connectivity index (χ4v) is 2.44. The summed E-state index contributed by atoms with van der Waals surface area (Å²) in [4.78, 5) is 23.5. The van der Waals surface area contributed by atoms with Crippen molar-refractivity contribution in [2.75, 3.05) is 13.2 Å². The Bertz CT molecular complexity index is 866. The van der Waals surface area contributed by atoms with E-state index in [4.69, 9.17) is 4.74 Å². The Morgan fingerprint density at radius 3 is 2.21 bits per heavy atom. The second-order valence-electron chi connectivity index (χ2n) is 7.35. The summed E-state index contributed by atoms with van der Waals surface area (Å²) in [5.74, 6) is 0.0736. The predicted octanol–water partition coefficient (Wildman–Crippen LogP) is 3.36. The Morgan fingerprint density at radius 1 is 1.04 bits per heavy atom. The lowest BCUT2D eigenvalue weighted by Gasteiger charge is -2.19. The van der Waals surface area contributed by atoms with Crippen molar-refractivity contribution in [3.8, 4) is 5.75 Å². The van der Waals surface area contributed by atoms with E-state index in [2.05, 4.69) is 26.1 Å². The quantitative estimate of drug-likeness (QED) is 0.762. The number of alkyl halides is 3. The average molecular weight is 396 g/mol. The van der Waals surface area contributed by atoms with Gasteiger partial charge in [0.1, 0.15) is 18.9 Å². The maximum atomic E-state index is 12.7.